The number of halogens is 2. The lowest BCUT2D eigenvalue weighted by Gasteiger charge is -2.09. The second kappa shape index (κ2) is 6.78. The van der Waals surface area contributed by atoms with E-state index in [1.54, 1.807) is 0 Å². The fourth-order valence-corrected chi connectivity index (χ4v) is 1.48. The van der Waals surface area contributed by atoms with Crippen LogP contribution in [0.4, 0.5) is 5.69 Å². The van der Waals surface area contributed by atoms with Crippen LogP contribution >= 0.6 is 23.2 Å². The van der Waals surface area contributed by atoms with Crippen LogP contribution in [-0.4, -0.2) is 23.5 Å². The van der Waals surface area contributed by atoms with Crippen molar-refractivity contribution in [1.82, 2.24) is 5.32 Å². The Labute approximate surface area is 119 Å². The van der Waals surface area contributed by atoms with E-state index in [2.05, 4.69) is 5.32 Å². The molecule has 0 aliphatic heterocycles. The van der Waals surface area contributed by atoms with Gasteiger partial charge in [0.15, 0.2) is 0 Å². The van der Waals surface area contributed by atoms with E-state index in [0.717, 1.165) is 0 Å². The summed E-state index contributed by atoms with van der Waals surface area (Å²) >= 11 is 11.1. The van der Waals surface area contributed by atoms with Crippen LogP contribution < -0.4 is 10.6 Å². The number of carbonyl (C=O) groups is 3. The van der Waals surface area contributed by atoms with Crippen molar-refractivity contribution in [2.75, 3.05) is 11.2 Å². The molecule has 0 heterocycles. The molecular formula is C12H8Cl2N2O3. The van der Waals surface area contributed by atoms with Crippen LogP contribution in [0.1, 0.15) is 10.4 Å². The highest BCUT2D eigenvalue weighted by atomic mass is 35.5. The normalized spacial score (nSPS) is 9.32. The van der Waals surface area contributed by atoms with Crippen LogP contribution in [0.15, 0.2) is 18.2 Å². The molecule has 0 bridgehead atoms. The molecule has 1 aromatic rings. The molecule has 0 spiro atoms. The average molecular weight is 299 g/mol. The second-order valence-electron chi connectivity index (χ2n) is 3.30. The van der Waals surface area contributed by atoms with E-state index in [9.17, 15) is 14.4 Å². The first kappa shape index (κ1) is 15.0. The summed E-state index contributed by atoms with van der Waals surface area (Å²) in [6.45, 7) is 0. The van der Waals surface area contributed by atoms with Crippen molar-refractivity contribution in [3.63, 3.8) is 0 Å². The van der Waals surface area contributed by atoms with Crippen LogP contribution in [0, 0.1) is 12.5 Å². The van der Waals surface area contributed by atoms with Gasteiger partial charge < -0.3 is 5.32 Å². The zero-order chi connectivity index (χ0) is 14.4. The molecule has 1 aromatic carbocycles. The summed E-state index contributed by atoms with van der Waals surface area (Å²) < 4.78 is 0. The molecule has 0 saturated carbocycles. The first-order chi connectivity index (χ1) is 8.99. The van der Waals surface area contributed by atoms with Crippen molar-refractivity contribution in [1.29, 1.82) is 0 Å². The van der Waals surface area contributed by atoms with Gasteiger partial charge in [0.1, 0.15) is 5.88 Å². The SMILES string of the molecule is C#CNC(=O)C(=O)c1cc(Cl)ccc1NC(=O)CCl. The lowest BCUT2D eigenvalue weighted by atomic mass is 10.1. The van der Waals surface area contributed by atoms with Crippen LogP contribution in [-0.2, 0) is 9.59 Å². The number of benzene rings is 1. The standard InChI is InChI=1S/C12H8Cl2N2O3/c1-2-15-12(19)11(18)8-5-7(14)3-4-9(8)16-10(17)6-13/h1,3-5H,6H2,(H,15,19)(H,16,17). The molecule has 19 heavy (non-hydrogen) atoms. The molecule has 0 unspecified atom stereocenters. The third-order valence-electron chi connectivity index (χ3n) is 2.01. The van der Waals surface area contributed by atoms with E-state index in [-0.39, 0.29) is 22.2 Å². The third-order valence-corrected chi connectivity index (χ3v) is 2.49. The summed E-state index contributed by atoms with van der Waals surface area (Å²) in [5, 5.41) is 4.54. The second-order valence-corrected chi connectivity index (χ2v) is 4.00. The van der Waals surface area contributed by atoms with Gasteiger partial charge in [0.05, 0.1) is 11.3 Å². The Hall–Kier alpha value is -2.03. The summed E-state index contributed by atoms with van der Waals surface area (Å²) in [5.74, 6) is -2.71. The van der Waals surface area contributed by atoms with Crippen molar-refractivity contribution >= 4 is 46.5 Å². The smallest absolute Gasteiger partial charge is 0.303 e. The Morgan fingerprint density at radius 1 is 1.32 bits per heavy atom. The number of hydrogen-bond donors (Lipinski definition) is 2. The fraction of sp³-hybridized carbons (Fsp3) is 0.0833. The lowest BCUT2D eigenvalue weighted by molar-refractivity contribution is -0.116. The molecule has 0 aliphatic carbocycles. The Morgan fingerprint density at radius 3 is 2.58 bits per heavy atom. The maximum absolute atomic E-state index is 11.8. The van der Waals surface area contributed by atoms with Gasteiger partial charge in [-0.05, 0) is 18.2 Å². The molecule has 0 saturated heterocycles. The Kier molecular flexibility index (Phi) is 5.37. The van der Waals surface area contributed by atoms with E-state index in [1.165, 1.54) is 18.2 Å². The summed E-state index contributed by atoms with van der Waals surface area (Å²) in [6, 6.07) is 5.95. The number of nitrogens with one attached hydrogen (secondary N) is 2. The highest BCUT2D eigenvalue weighted by Crippen LogP contribution is 2.21. The van der Waals surface area contributed by atoms with E-state index in [0.29, 0.717) is 0 Å². The number of terminal acetylenes is 1. The van der Waals surface area contributed by atoms with Gasteiger partial charge in [-0.25, -0.2) is 0 Å². The van der Waals surface area contributed by atoms with Gasteiger partial charge in [-0.3, -0.25) is 19.7 Å². The molecule has 0 radical (unpaired) electrons. The highest BCUT2D eigenvalue weighted by Gasteiger charge is 2.20. The monoisotopic (exact) mass is 298 g/mol. The van der Waals surface area contributed by atoms with E-state index >= 15 is 0 Å². The van der Waals surface area contributed by atoms with Crippen molar-refractivity contribution in [3.8, 4) is 12.5 Å². The molecule has 0 atom stereocenters. The maximum atomic E-state index is 11.8. The molecule has 0 aromatic heterocycles. The van der Waals surface area contributed by atoms with Crippen LogP contribution in [0.25, 0.3) is 0 Å². The quantitative estimate of drug-likeness (QED) is 0.290. The number of hydrogen-bond acceptors (Lipinski definition) is 3. The van der Waals surface area contributed by atoms with Crippen molar-refractivity contribution < 1.29 is 14.4 Å². The molecule has 5 nitrogen and oxygen atoms in total. The van der Waals surface area contributed by atoms with Crippen LogP contribution in [0.2, 0.25) is 5.02 Å². The van der Waals surface area contributed by atoms with Crippen molar-refractivity contribution in [2.24, 2.45) is 0 Å². The molecule has 0 fully saturated rings. The average Bonchev–Trinajstić information content (AvgIpc) is 2.40. The molecule has 7 heteroatoms. The minimum atomic E-state index is -0.994. The van der Waals surface area contributed by atoms with Gasteiger partial charge in [-0.1, -0.05) is 18.0 Å². The number of alkyl halides is 1. The van der Waals surface area contributed by atoms with E-state index in [4.69, 9.17) is 29.6 Å². The van der Waals surface area contributed by atoms with Gasteiger partial charge in [-0.2, -0.15) is 0 Å². The van der Waals surface area contributed by atoms with Gasteiger partial charge in [0.25, 0.3) is 5.78 Å². The topological polar surface area (TPSA) is 75.3 Å². The first-order valence-electron chi connectivity index (χ1n) is 4.95. The predicted molar refractivity (Wildman–Crippen MR) is 72.1 cm³/mol. The summed E-state index contributed by atoms with van der Waals surface area (Å²) in [5.41, 5.74) is 0.0611. The minimum absolute atomic E-state index is 0.0706. The minimum Gasteiger partial charge on any atom is -0.324 e. The summed E-state index contributed by atoms with van der Waals surface area (Å²) in [6.07, 6.45) is 4.87. The van der Waals surface area contributed by atoms with Crippen LogP contribution in [0.3, 0.4) is 0 Å². The van der Waals surface area contributed by atoms with Crippen LogP contribution in [0.5, 0.6) is 0 Å². The zero-order valence-corrected chi connectivity index (χ0v) is 11.0. The number of carbonyl (C=O) groups excluding carboxylic acids is 3. The van der Waals surface area contributed by atoms with Gasteiger partial charge in [0, 0.05) is 11.1 Å². The Bertz CT molecular complexity index is 579. The summed E-state index contributed by atoms with van der Waals surface area (Å²) in [7, 11) is 0. The molecule has 98 valence electrons. The Morgan fingerprint density at radius 2 is 2.00 bits per heavy atom. The van der Waals surface area contributed by atoms with E-state index in [1.807, 2.05) is 11.4 Å². The number of ketones is 1. The fourth-order valence-electron chi connectivity index (χ4n) is 1.24. The Balaban J connectivity index is 3.14. The third kappa shape index (κ3) is 3.98. The first-order valence-corrected chi connectivity index (χ1v) is 5.86. The largest absolute Gasteiger partial charge is 0.324 e. The van der Waals surface area contributed by atoms with Crippen molar-refractivity contribution in [3.05, 3.63) is 28.8 Å². The van der Waals surface area contributed by atoms with Gasteiger partial charge in [0.2, 0.25) is 5.91 Å². The molecule has 2 N–H and O–H groups in total. The highest BCUT2D eigenvalue weighted by molar-refractivity contribution is 6.45. The zero-order valence-electron chi connectivity index (χ0n) is 9.50. The molecule has 1 rings (SSSR count). The van der Waals surface area contributed by atoms with Gasteiger partial charge >= 0.3 is 5.91 Å². The summed E-state index contributed by atoms with van der Waals surface area (Å²) in [4.78, 5) is 34.4. The molecule has 0 aliphatic rings. The lowest BCUT2D eigenvalue weighted by Crippen LogP contribution is -2.28. The number of rotatable bonds is 4. The predicted octanol–water partition coefficient (Wildman–Crippen LogP) is 1.41. The molecule has 2 amide bonds. The maximum Gasteiger partial charge on any atom is 0.303 e. The van der Waals surface area contributed by atoms with Crippen molar-refractivity contribution in [2.45, 2.75) is 0 Å². The van der Waals surface area contributed by atoms with E-state index < -0.39 is 17.6 Å². The molecular weight excluding hydrogens is 291 g/mol. The number of Topliss-reactive ketones (excluding diaryl/α,β-unsaturated/α-hetero) is 1. The van der Waals surface area contributed by atoms with Gasteiger partial charge in [-0.15, -0.1) is 11.6 Å². The number of amides is 2. The number of anilines is 1.